The first kappa shape index (κ1) is 18.9. The largest absolute Gasteiger partial charge is 0.490 e. The van der Waals surface area contributed by atoms with E-state index in [-0.39, 0.29) is 23.5 Å². The Hall–Kier alpha value is -3.42. The van der Waals surface area contributed by atoms with Crippen LogP contribution in [-0.4, -0.2) is 30.4 Å². The number of ether oxygens (including phenoxy) is 1. The fourth-order valence-corrected chi connectivity index (χ4v) is 2.26. The van der Waals surface area contributed by atoms with Crippen molar-refractivity contribution < 1.29 is 19.2 Å². The van der Waals surface area contributed by atoms with Crippen molar-refractivity contribution in [3.63, 3.8) is 0 Å². The molecule has 2 aromatic carbocycles. The molecule has 0 aromatic heterocycles. The van der Waals surface area contributed by atoms with Crippen LogP contribution in [0.1, 0.15) is 21.5 Å². The van der Waals surface area contributed by atoms with Gasteiger partial charge in [0.05, 0.1) is 18.6 Å². The summed E-state index contributed by atoms with van der Waals surface area (Å²) in [4.78, 5) is 34.5. The molecule has 26 heavy (non-hydrogen) atoms. The molecule has 0 bridgehead atoms. The Balaban J connectivity index is 1.99. The van der Waals surface area contributed by atoms with Gasteiger partial charge in [0.2, 0.25) is 5.91 Å². The number of anilines is 1. The monoisotopic (exact) mass is 357 g/mol. The maximum atomic E-state index is 12.1. The smallest absolute Gasteiger partial charge is 0.311 e. The zero-order valence-corrected chi connectivity index (χ0v) is 14.7. The lowest BCUT2D eigenvalue weighted by Crippen LogP contribution is -2.32. The van der Waals surface area contributed by atoms with E-state index in [1.54, 1.807) is 6.07 Å². The van der Waals surface area contributed by atoms with Crippen molar-refractivity contribution in [1.82, 2.24) is 5.32 Å². The minimum Gasteiger partial charge on any atom is -0.490 e. The molecule has 8 heteroatoms. The van der Waals surface area contributed by atoms with Gasteiger partial charge < -0.3 is 15.4 Å². The third kappa shape index (κ3) is 4.56. The van der Waals surface area contributed by atoms with Gasteiger partial charge in [-0.1, -0.05) is 6.07 Å². The van der Waals surface area contributed by atoms with Crippen molar-refractivity contribution in [3.05, 3.63) is 63.2 Å². The second kappa shape index (κ2) is 8.11. The minimum absolute atomic E-state index is 0.0547. The number of hydrogen-bond acceptors (Lipinski definition) is 5. The summed E-state index contributed by atoms with van der Waals surface area (Å²) in [6, 6.07) is 9.33. The maximum absolute atomic E-state index is 12.1. The average molecular weight is 357 g/mol. The Labute approximate surface area is 150 Å². The molecule has 2 rings (SSSR count). The van der Waals surface area contributed by atoms with Crippen LogP contribution >= 0.6 is 0 Å². The molecule has 0 spiro atoms. The Morgan fingerprint density at radius 1 is 1.12 bits per heavy atom. The van der Waals surface area contributed by atoms with Gasteiger partial charge in [0, 0.05) is 17.3 Å². The molecule has 2 N–H and O–H groups in total. The first-order valence-electron chi connectivity index (χ1n) is 7.79. The third-order valence-corrected chi connectivity index (χ3v) is 3.84. The van der Waals surface area contributed by atoms with Crippen LogP contribution in [0.2, 0.25) is 0 Å². The number of methoxy groups -OCH3 is 1. The summed E-state index contributed by atoms with van der Waals surface area (Å²) in [6.45, 7) is 3.64. The summed E-state index contributed by atoms with van der Waals surface area (Å²) in [7, 11) is 1.30. The molecule has 0 saturated heterocycles. The number of nitro benzene ring substituents is 1. The molecule has 0 aliphatic heterocycles. The summed E-state index contributed by atoms with van der Waals surface area (Å²) < 4.78 is 4.89. The van der Waals surface area contributed by atoms with Crippen molar-refractivity contribution in [2.75, 3.05) is 19.0 Å². The molecular formula is C18H19N3O5. The van der Waals surface area contributed by atoms with Gasteiger partial charge in [-0.15, -0.1) is 0 Å². The standard InChI is InChI=1S/C18H19N3O5/c1-11-4-6-14(8-12(11)2)20-17(22)10-19-18(23)13-5-7-16(26-3)15(9-13)21(24)25/h4-9H,10H2,1-3H3,(H,19,23)(H,20,22). The van der Waals surface area contributed by atoms with E-state index < -0.39 is 16.7 Å². The lowest BCUT2D eigenvalue weighted by atomic mass is 10.1. The summed E-state index contributed by atoms with van der Waals surface area (Å²) >= 11 is 0. The van der Waals surface area contributed by atoms with Gasteiger partial charge in [-0.3, -0.25) is 19.7 Å². The lowest BCUT2D eigenvalue weighted by molar-refractivity contribution is -0.385. The predicted molar refractivity (Wildman–Crippen MR) is 96.5 cm³/mol. The van der Waals surface area contributed by atoms with Crippen molar-refractivity contribution >= 4 is 23.2 Å². The summed E-state index contributed by atoms with van der Waals surface area (Å²) in [5, 5.41) is 16.1. The van der Waals surface area contributed by atoms with Crippen LogP contribution in [0.3, 0.4) is 0 Å². The van der Waals surface area contributed by atoms with Crippen LogP contribution in [0.5, 0.6) is 5.75 Å². The van der Waals surface area contributed by atoms with Gasteiger partial charge in [0.1, 0.15) is 0 Å². The minimum atomic E-state index is -0.637. The molecule has 2 aromatic rings. The molecule has 8 nitrogen and oxygen atoms in total. The Bertz CT molecular complexity index is 864. The maximum Gasteiger partial charge on any atom is 0.311 e. The quantitative estimate of drug-likeness (QED) is 0.610. The van der Waals surface area contributed by atoms with Crippen molar-refractivity contribution in [2.24, 2.45) is 0 Å². The molecule has 0 saturated carbocycles. The second-order valence-corrected chi connectivity index (χ2v) is 5.67. The molecule has 136 valence electrons. The lowest BCUT2D eigenvalue weighted by Gasteiger charge is -2.09. The van der Waals surface area contributed by atoms with E-state index in [0.717, 1.165) is 17.2 Å². The van der Waals surface area contributed by atoms with E-state index in [9.17, 15) is 19.7 Å². The van der Waals surface area contributed by atoms with Crippen LogP contribution < -0.4 is 15.4 Å². The van der Waals surface area contributed by atoms with E-state index >= 15 is 0 Å². The van der Waals surface area contributed by atoms with Gasteiger partial charge in [0.15, 0.2) is 5.75 Å². The number of aryl methyl sites for hydroxylation is 2. The van der Waals surface area contributed by atoms with Crippen LogP contribution in [0, 0.1) is 24.0 Å². The van der Waals surface area contributed by atoms with Crippen molar-refractivity contribution in [2.45, 2.75) is 13.8 Å². The first-order valence-corrected chi connectivity index (χ1v) is 7.79. The zero-order valence-electron chi connectivity index (χ0n) is 14.7. The third-order valence-electron chi connectivity index (χ3n) is 3.84. The van der Waals surface area contributed by atoms with E-state index in [4.69, 9.17) is 4.74 Å². The number of benzene rings is 2. The molecule has 0 radical (unpaired) electrons. The zero-order chi connectivity index (χ0) is 19.3. The number of amides is 2. The highest BCUT2D eigenvalue weighted by molar-refractivity contribution is 5.99. The number of carbonyl (C=O) groups is 2. The summed E-state index contributed by atoms with van der Waals surface area (Å²) in [5.74, 6) is -0.936. The van der Waals surface area contributed by atoms with Crippen LogP contribution in [-0.2, 0) is 4.79 Å². The van der Waals surface area contributed by atoms with E-state index in [1.807, 2.05) is 26.0 Å². The SMILES string of the molecule is COc1ccc(C(=O)NCC(=O)Nc2ccc(C)c(C)c2)cc1[N+](=O)[O-]. The predicted octanol–water partition coefficient (Wildman–Crippen LogP) is 2.59. The molecule has 0 heterocycles. The topological polar surface area (TPSA) is 111 Å². The van der Waals surface area contributed by atoms with Crippen molar-refractivity contribution in [3.8, 4) is 5.75 Å². The molecule has 0 fully saturated rings. The van der Waals surface area contributed by atoms with Crippen LogP contribution in [0.25, 0.3) is 0 Å². The summed E-state index contributed by atoms with van der Waals surface area (Å²) in [6.07, 6.45) is 0. The second-order valence-electron chi connectivity index (χ2n) is 5.67. The number of nitrogens with zero attached hydrogens (tertiary/aromatic N) is 1. The van der Waals surface area contributed by atoms with Crippen LogP contribution in [0.4, 0.5) is 11.4 Å². The highest BCUT2D eigenvalue weighted by Crippen LogP contribution is 2.27. The number of carbonyl (C=O) groups excluding carboxylic acids is 2. The van der Waals surface area contributed by atoms with E-state index in [2.05, 4.69) is 10.6 Å². The fraction of sp³-hybridized carbons (Fsp3) is 0.222. The molecule has 0 aliphatic carbocycles. The molecule has 2 amide bonds. The van der Waals surface area contributed by atoms with Gasteiger partial charge in [-0.05, 0) is 49.2 Å². The number of rotatable bonds is 6. The van der Waals surface area contributed by atoms with Crippen molar-refractivity contribution in [1.29, 1.82) is 0 Å². The summed E-state index contributed by atoms with van der Waals surface area (Å²) in [5.41, 5.74) is 2.53. The normalized spacial score (nSPS) is 10.1. The molecule has 0 aliphatic rings. The number of nitro groups is 1. The van der Waals surface area contributed by atoms with Gasteiger partial charge in [-0.2, -0.15) is 0 Å². The highest BCUT2D eigenvalue weighted by atomic mass is 16.6. The van der Waals surface area contributed by atoms with Gasteiger partial charge in [-0.25, -0.2) is 0 Å². The first-order chi connectivity index (χ1) is 12.3. The Morgan fingerprint density at radius 3 is 2.46 bits per heavy atom. The van der Waals surface area contributed by atoms with E-state index in [1.165, 1.54) is 19.2 Å². The highest BCUT2D eigenvalue weighted by Gasteiger charge is 2.18. The van der Waals surface area contributed by atoms with Gasteiger partial charge in [0.25, 0.3) is 5.91 Å². The molecule has 0 atom stereocenters. The fourth-order valence-electron chi connectivity index (χ4n) is 2.26. The van der Waals surface area contributed by atoms with Gasteiger partial charge >= 0.3 is 5.69 Å². The Kier molecular flexibility index (Phi) is 5.90. The number of hydrogen-bond donors (Lipinski definition) is 2. The Morgan fingerprint density at radius 2 is 1.85 bits per heavy atom. The average Bonchev–Trinajstić information content (AvgIpc) is 2.62. The van der Waals surface area contributed by atoms with Crippen LogP contribution in [0.15, 0.2) is 36.4 Å². The molecule has 0 unspecified atom stereocenters. The van der Waals surface area contributed by atoms with E-state index in [0.29, 0.717) is 5.69 Å². The number of nitrogens with one attached hydrogen (secondary N) is 2. The molecular weight excluding hydrogens is 338 g/mol.